The second-order valence-electron chi connectivity index (χ2n) is 7.43. The van der Waals surface area contributed by atoms with E-state index in [1.165, 1.54) is 6.07 Å². The third-order valence-electron chi connectivity index (χ3n) is 5.20. The Balaban J connectivity index is 1.51. The maximum atomic E-state index is 14.7. The van der Waals surface area contributed by atoms with E-state index in [9.17, 15) is 14.0 Å². The van der Waals surface area contributed by atoms with E-state index in [-0.39, 0.29) is 24.4 Å². The molecule has 2 heterocycles. The minimum absolute atomic E-state index is 0.0837. The van der Waals surface area contributed by atoms with Gasteiger partial charge in [0.1, 0.15) is 11.4 Å². The highest BCUT2D eigenvalue weighted by atomic mass is 35.5. The van der Waals surface area contributed by atoms with Crippen LogP contribution in [0.1, 0.15) is 33.1 Å². The van der Waals surface area contributed by atoms with Gasteiger partial charge in [-0.2, -0.15) is 5.10 Å². The first kappa shape index (κ1) is 21.6. The molecule has 7 nitrogen and oxygen atoms in total. The molecule has 0 radical (unpaired) electrons. The number of carboxylic acid groups (broad SMARTS) is 1. The highest BCUT2D eigenvalue weighted by Crippen LogP contribution is 2.24. The molecule has 2 aromatic carbocycles. The average Bonchev–Trinajstić information content (AvgIpc) is 3.26. The topological polar surface area (TPSA) is 97.4 Å². The highest BCUT2D eigenvalue weighted by molar-refractivity contribution is 6.31. The molecule has 0 aliphatic rings. The molecule has 4 aromatic rings. The zero-order valence-corrected chi connectivity index (χ0v) is 18.0. The van der Waals surface area contributed by atoms with Crippen molar-refractivity contribution in [3.63, 3.8) is 0 Å². The number of anilines is 1. The number of benzene rings is 2. The Hall–Kier alpha value is -3.65. The lowest BCUT2D eigenvalue weighted by molar-refractivity contribution is -0.136. The zero-order valence-electron chi connectivity index (χ0n) is 17.3. The molecule has 0 saturated carbocycles. The minimum Gasteiger partial charge on any atom is -0.481 e. The number of carbonyl (C=O) groups excluding carboxylic acids is 1. The van der Waals surface area contributed by atoms with Gasteiger partial charge in [-0.3, -0.25) is 14.3 Å². The molecule has 2 aromatic heterocycles. The Bertz CT molecular complexity index is 1360. The van der Waals surface area contributed by atoms with Crippen molar-refractivity contribution >= 4 is 40.1 Å². The summed E-state index contributed by atoms with van der Waals surface area (Å²) in [6, 6.07) is 11.0. The van der Waals surface area contributed by atoms with Crippen LogP contribution >= 0.6 is 11.6 Å². The first-order valence-electron chi connectivity index (χ1n) is 9.75. The van der Waals surface area contributed by atoms with Crippen molar-refractivity contribution in [1.29, 1.82) is 0 Å². The summed E-state index contributed by atoms with van der Waals surface area (Å²) in [5.74, 6) is -1.90. The molecule has 0 bridgehead atoms. The van der Waals surface area contributed by atoms with Crippen LogP contribution in [-0.4, -0.2) is 26.8 Å². The number of furan rings is 1. The summed E-state index contributed by atoms with van der Waals surface area (Å²) in [4.78, 5) is 23.6. The molecule has 1 amide bonds. The molecule has 2 N–H and O–H groups in total. The van der Waals surface area contributed by atoms with Gasteiger partial charge in [-0.25, -0.2) is 4.39 Å². The molecule has 0 fully saturated rings. The number of hydrogen-bond donors (Lipinski definition) is 2. The third-order valence-corrected chi connectivity index (χ3v) is 5.43. The van der Waals surface area contributed by atoms with Crippen LogP contribution in [0.15, 0.2) is 46.9 Å². The van der Waals surface area contributed by atoms with Gasteiger partial charge in [-0.15, -0.1) is 0 Å². The van der Waals surface area contributed by atoms with Crippen molar-refractivity contribution < 1.29 is 23.5 Å². The van der Waals surface area contributed by atoms with Crippen LogP contribution in [0.3, 0.4) is 0 Å². The minimum atomic E-state index is -0.949. The lowest BCUT2D eigenvalue weighted by Gasteiger charge is -2.09. The number of carbonyl (C=O) groups is 2. The SMILES string of the molecule is Cc1nn(Cc2ccc(NC(=O)c3cc4ccc(Cl)cc4o3)cc2F)c(C)c1CC(=O)O. The molecular weight excluding hydrogens is 437 g/mol. The molecule has 9 heteroatoms. The number of carboxylic acids is 1. The number of halogens is 2. The normalized spacial score (nSPS) is 11.1. The number of nitrogens with one attached hydrogen (secondary N) is 1. The first-order chi connectivity index (χ1) is 15.2. The maximum Gasteiger partial charge on any atom is 0.307 e. The van der Waals surface area contributed by atoms with E-state index in [1.54, 1.807) is 54.9 Å². The van der Waals surface area contributed by atoms with Crippen molar-refractivity contribution in [2.75, 3.05) is 5.32 Å². The molecule has 4 rings (SSSR count). The van der Waals surface area contributed by atoms with Crippen LogP contribution in [0.4, 0.5) is 10.1 Å². The number of nitrogens with zero attached hydrogens (tertiary/aromatic N) is 2. The number of aliphatic carboxylic acids is 1. The summed E-state index contributed by atoms with van der Waals surface area (Å²) in [7, 11) is 0. The van der Waals surface area contributed by atoms with Crippen LogP contribution in [0.25, 0.3) is 11.0 Å². The van der Waals surface area contributed by atoms with Crippen molar-refractivity contribution in [3.8, 4) is 0 Å². The highest BCUT2D eigenvalue weighted by Gasteiger charge is 2.17. The summed E-state index contributed by atoms with van der Waals surface area (Å²) >= 11 is 5.93. The predicted molar refractivity (Wildman–Crippen MR) is 118 cm³/mol. The van der Waals surface area contributed by atoms with Crippen molar-refractivity contribution in [2.24, 2.45) is 0 Å². The number of aromatic nitrogens is 2. The molecule has 0 saturated heterocycles. The van der Waals surface area contributed by atoms with E-state index in [0.717, 1.165) is 5.39 Å². The van der Waals surface area contributed by atoms with Gasteiger partial charge in [-0.05, 0) is 44.2 Å². The number of aryl methyl sites for hydroxylation is 1. The van der Waals surface area contributed by atoms with Gasteiger partial charge in [0.05, 0.1) is 18.7 Å². The fourth-order valence-electron chi connectivity index (χ4n) is 3.52. The Morgan fingerprint density at radius 3 is 2.69 bits per heavy atom. The Morgan fingerprint density at radius 1 is 1.19 bits per heavy atom. The van der Waals surface area contributed by atoms with Crippen molar-refractivity contribution in [1.82, 2.24) is 9.78 Å². The van der Waals surface area contributed by atoms with Gasteiger partial charge in [0.15, 0.2) is 5.76 Å². The Labute approximate surface area is 187 Å². The number of rotatable bonds is 6. The lowest BCUT2D eigenvalue weighted by atomic mass is 10.1. The molecular formula is C23H19ClFN3O4. The van der Waals surface area contributed by atoms with E-state index >= 15 is 0 Å². The summed E-state index contributed by atoms with van der Waals surface area (Å²) in [5, 5.41) is 17.2. The van der Waals surface area contributed by atoms with Gasteiger partial charge < -0.3 is 14.8 Å². The van der Waals surface area contributed by atoms with Crippen LogP contribution in [0.2, 0.25) is 5.02 Å². The second kappa shape index (κ2) is 8.47. The molecule has 0 aliphatic carbocycles. The molecule has 0 atom stereocenters. The Morgan fingerprint density at radius 2 is 1.97 bits per heavy atom. The fourth-order valence-corrected chi connectivity index (χ4v) is 3.68. The quantitative estimate of drug-likeness (QED) is 0.428. The first-order valence-corrected chi connectivity index (χ1v) is 10.1. The standard InChI is InChI=1S/C23H19ClFN3O4/c1-12-18(10-22(29)30)13(2)28(27-12)11-15-4-6-17(9-19(15)25)26-23(31)21-7-14-3-5-16(24)8-20(14)32-21/h3-9H,10-11H2,1-2H3,(H,26,31)(H,29,30). The van der Waals surface area contributed by atoms with Gasteiger partial charge in [-0.1, -0.05) is 17.7 Å². The molecule has 32 heavy (non-hydrogen) atoms. The van der Waals surface area contributed by atoms with Crippen LogP contribution < -0.4 is 5.32 Å². The van der Waals surface area contributed by atoms with Gasteiger partial charge in [0, 0.05) is 39.0 Å². The smallest absolute Gasteiger partial charge is 0.307 e. The number of amides is 1. The van der Waals surface area contributed by atoms with E-state index in [4.69, 9.17) is 21.1 Å². The fraction of sp³-hybridized carbons (Fsp3) is 0.174. The maximum absolute atomic E-state index is 14.7. The number of hydrogen-bond acceptors (Lipinski definition) is 4. The largest absolute Gasteiger partial charge is 0.481 e. The van der Waals surface area contributed by atoms with Crippen molar-refractivity contribution in [2.45, 2.75) is 26.8 Å². The number of fused-ring (bicyclic) bond motifs is 1. The van der Waals surface area contributed by atoms with E-state index in [1.807, 2.05) is 0 Å². The van der Waals surface area contributed by atoms with E-state index in [2.05, 4.69) is 10.4 Å². The Kier molecular flexibility index (Phi) is 5.71. The molecule has 0 aliphatic heterocycles. The second-order valence-corrected chi connectivity index (χ2v) is 7.87. The van der Waals surface area contributed by atoms with E-state index < -0.39 is 17.7 Å². The van der Waals surface area contributed by atoms with Gasteiger partial charge >= 0.3 is 5.97 Å². The lowest BCUT2D eigenvalue weighted by Crippen LogP contribution is -2.12. The molecule has 0 unspecified atom stereocenters. The zero-order chi connectivity index (χ0) is 23.0. The summed E-state index contributed by atoms with van der Waals surface area (Å²) in [6.07, 6.45) is -0.140. The van der Waals surface area contributed by atoms with Gasteiger partial charge in [0.25, 0.3) is 5.91 Å². The summed E-state index contributed by atoms with van der Waals surface area (Å²) in [5.41, 5.74) is 3.00. The third kappa shape index (κ3) is 4.36. The monoisotopic (exact) mass is 455 g/mol. The average molecular weight is 456 g/mol. The van der Waals surface area contributed by atoms with E-state index in [0.29, 0.717) is 33.1 Å². The van der Waals surface area contributed by atoms with Crippen LogP contribution in [0, 0.1) is 19.7 Å². The summed E-state index contributed by atoms with van der Waals surface area (Å²) < 4.78 is 21.8. The molecule has 164 valence electrons. The predicted octanol–water partition coefficient (Wildman–Crippen LogP) is 4.97. The molecule has 0 spiro atoms. The van der Waals surface area contributed by atoms with Crippen LogP contribution in [-0.2, 0) is 17.8 Å². The van der Waals surface area contributed by atoms with Gasteiger partial charge in [0.2, 0.25) is 0 Å². The summed E-state index contributed by atoms with van der Waals surface area (Å²) in [6.45, 7) is 3.62. The van der Waals surface area contributed by atoms with Crippen molar-refractivity contribution in [3.05, 3.63) is 81.6 Å². The van der Waals surface area contributed by atoms with Crippen LogP contribution in [0.5, 0.6) is 0 Å².